The molecule has 6 nitrogen and oxygen atoms in total. The predicted molar refractivity (Wildman–Crippen MR) is 127 cm³/mol. The number of aromatic hydroxyl groups is 1. The minimum atomic E-state index is -0.418. The molecule has 0 spiro atoms. The molecular formula is C19H14I2N2O4S. The van der Waals surface area contributed by atoms with Gasteiger partial charge in [-0.15, -0.1) is 0 Å². The number of carbonyl (C=O) groups is 2. The molecule has 28 heavy (non-hydrogen) atoms. The Hall–Kier alpha value is -1.60. The van der Waals surface area contributed by atoms with Crippen molar-refractivity contribution in [3.05, 3.63) is 59.6 Å². The van der Waals surface area contributed by atoms with E-state index < -0.39 is 5.97 Å². The minimum Gasteiger partial charge on any atom is -0.506 e. The Kier molecular flexibility index (Phi) is 6.65. The molecule has 1 fully saturated rings. The molecule has 1 saturated heterocycles. The number of methoxy groups -OCH3 is 1. The fourth-order valence-corrected chi connectivity index (χ4v) is 5.26. The molecule has 0 radical (unpaired) electrons. The molecule has 2 aromatic rings. The summed E-state index contributed by atoms with van der Waals surface area (Å²) in [6.07, 6.45) is 1.67. The lowest BCUT2D eigenvalue weighted by Crippen LogP contribution is -2.23. The first-order valence-electron chi connectivity index (χ1n) is 7.93. The maximum Gasteiger partial charge on any atom is 0.337 e. The van der Waals surface area contributed by atoms with Gasteiger partial charge in [-0.25, -0.2) is 9.79 Å². The van der Waals surface area contributed by atoms with E-state index in [1.165, 1.54) is 23.8 Å². The van der Waals surface area contributed by atoms with Gasteiger partial charge in [0.2, 0.25) is 0 Å². The van der Waals surface area contributed by atoms with E-state index in [4.69, 9.17) is 0 Å². The maximum atomic E-state index is 12.6. The number of aliphatic imine (C=N–C) groups is 1. The highest BCUT2D eigenvalue weighted by Crippen LogP contribution is 2.36. The zero-order chi connectivity index (χ0) is 20.4. The number of likely N-dealkylation sites (N-methyl/N-ethyl adjacent to an activating group) is 1. The average Bonchev–Trinajstić information content (AvgIpc) is 2.93. The molecule has 3 rings (SSSR count). The van der Waals surface area contributed by atoms with Crippen LogP contribution >= 0.6 is 56.9 Å². The van der Waals surface area contributed by atoms with Gasteiger partial charge >= 0.3 is 5.97 Å². The first kappa shape index (κ1) is 21.1. The summed E-state index contributed by atoms with van der Waals surface area (Å²) < 4.78 is 6.37. The van der Waals surface area contributed by atoms with Crippen molar-refractivity contribution in [2.45, 2.75) is 0 Å². The van der Waals surface area contributed by atoms with Crippen molar-refractivity contribution < 1.29 is 19.4 Å². The molecule has 1 aliphatic heterocycles. The average molecular weight is 620 g/mol. The van der Waals surface area contributed by atoms with Gasteiger partial charge in [0.15, 0.2) is 5.17 Å². The Morgan fingerprint density at radius 3 is 2.57 bits per heavy atom. The van der Waals surface area contributed by atoms with Crippen molar-refractivity contribution in [3.8, 4) is 5.75 Å². The van der Waals surface area contributed by atoms with E-state index in [-0.39, 0.29) is 11.7 Å². The Morgan fingerprint density at radius 2 is 1.93 bits per heavy atom. The molecule has 0 bridgehead atoms. The van der Waals surface area contributed by atoms with Crippen LogP contribution < -0.4 is 0 Å². The van der Waals surface area contributed by atoms with Crippen molar-refractivity contribution >= 4 is 85.8 Å². The van der Waals surface area contributed by atoms with Crippen LogP contribution in [0.5, 0.6) is 5.75 Å². The number of amides is 1. The molecule has 1 aliphatic rings. The zero-order valence-electron chi connectivity index (χ0n) is 14.8. The zero-order valence-corrected chi connectivity index (χ0v) is 19.9. The lowest BCUT2D eigenvalue weighted by molar-refractivity contribution is -0.121. The van der Waals surface area contributed by atoms with Crippen LogP contribution in [0.4, 0.5) is 5.69 Å². The van der Waals surface area contributed by atoms with Crippen LogP contribution in [0.3, 0.4) is 0 Å². The first-order valence-corrected chi connectivity index (χ1v) is 10.9. The van der Waals surface area contributed by atoms with E-state index >= 15 is 0 Å². The summed E-state index contributed by atoms with van der Waals surface area (Å²) in [5.41, 5.74) is 1.63. The molecule has 1 N–H and O–H groups in total. The number of phenolic OH excluding ortho intramolecular Hbond substituents is 1. The Bertz CT molecular complexity index is 1020. The summed E-state index contributed by atoms with van der Waals surface area (Å²) in [6, 6.07) is 10.3. The predicted octanol–water partition coefficient (Wildman–Crippen LogP) is 4.62. The molecule has 144 valence electrons. The third-order valence-corrected chi connectivity index (χ3v) is 6.37. The van der Waals surface area contributed by atoms with Crippen LogP contribution in [0.2, 0.25) is 0 Å². The molecule has 1 heterocycles. The number of esters is 1. The smallest absolute Gasteiger partial charge is 0.337 e. The Balaban J connectivity index is 1.89. The fraction of sp³-hybridized carbons (Fsp3) is 0.105. The Labute approximate surface area is 193 Å². The number of hydrogen-bond donors (Lipinski definition) is 1. The summed E-state index contributed by atoms with van der Waals surface area (Å²) >= 11 is 5.46. The number of hydrogen-bond acceptors (Lipinski definition) is 6. The van der Waals surface area contributed by atoms with E-state index in [1.54, 1.807) is 37.4 Å². The number of thioether (sulfide) groups is 1. The third kappa shape index (κ3) is 4.51. The quantitative estimate of drug-likeness (QED) is 0.308. The second-order valence-electron chi connectivity index (χ2n) is 5.73. The molecule has 1 amide bonds. The number of ether oxygens (including phenoxy) is 1. The van der Waals surface area contributed by atoms with E-state index in [0.717, 1.165) is 7.14 Å². The second-order valence-corrected chi connectivity index (χ2v) is 9.15. The molecule has 2 aromatic carbocycles. The molecule has 0 aliphatic carbocycles. The third-order valence-electron chi connectivity index (χ3n) is 3.86. The highest BCUT2D eigenvalue weighted by molar-refractivity contribution is 14.1. The number of benzene rings is 2. The second kappa shape index (κ2) is 8.82. The van der Waals surface area contributed by atoms with Gasteiger partial charge in [-0.1, -0.05) is 0 Å². The summed E-state index contributed by atoms with van der Waals surface area (Å²) in [7, 11) is 2.98. The topological polar surface area (TPSA) is 79.2 Å². The van der Waals surface area contributed by atoms with Gasteiger partial charge < -0.3 is 9.84 Å². The molecule has 0 atom stereocenters. The summed E-state index contributed by atoms with van der Waals surface area (Å²) in [5.74, 6) is -0.463. The normalized spacial score (nSPS) is 16.9. The van der Waals surface area contributed by atoms with Crippen molar-refractivity contribution in [1.29, 1.82) is 0 Å². The molecular weight excluding hydrogens is 606 g/mol. The van der Waals surface area contributed by atoms with Crippen LogP contribution in [0, 0.1) is 7.14 Å². The van der Waals surface area contributed by atoms with E-state index in [9.17, 15) is 14.7 Å². The highest BCUT2D eigenvalue weighted by Gasteiger charge is 2.30. The van der Waals surface area contributed by atoms with Gasteiger partial charge in [0.1, 0.15) is 5.75 Å². The Morgan fingerprint density at radius 1 is 1.25 bits per heavy atom. The minimum absolute atomic E-state index is 0.147. The molecule has 0 unspecified atom stereocenters. The van der Waals surface area contributed by atoms with Gasteiger partial charge in [0.05, 0.1) is 26.8 Å². The van der Waals surface area contributed by atoms with Gasteiger partial charge in [0, 0.05) is 16.2 Å². The number of halogens is 2. The fourth-order valence-electron chi connectivity index (χ4n) is 2.39. The maximum absolute atomic E-state index is 12.6. The number of amidine groups is 1. The van der Waals surface area contributed by atoms with Gasteiger partial charge in [0.25, 0.3) is 5.91 Å². The SMILES string of the molecule is COC(=O)c1ccc(N=C2SC(=Cc3cc(I)cc(I)c3O)C(=O)N2C)cc1. The summed E-state index contributed by atoms with van der Waals surface area (Å²) in [6.45, 7) is 0. The molecule has 9 heteroatoms. The van der Waals surface area contributed by atoms with Crippen LogP contribution in [0.25, 0.3) is 6.08 Å². The largest absolute Gasteiger partial charge is 0.506 e. The van der Waals surface area contributed by atoms with E-state index in [1.807, 2.05) is 12.1 Å². The molecule has 0 saturated carbocycles. The highest BCUT2D eigenvalue weighted by atomic mass is 127. The van der Waals surface area contributed by atoms with E-state index in [0.29, 0.717) is 26.9 Å². The van der Waals surface area contributed by atoms with Crippen LogP contribution in [-0.2, 0) is 9.53 Å². The summed E-state index contributed by atoms with van der Waals surface area (Å²) in [5, 5.41) is 10.8. The summed E-state index contributed by atoms with van der Waals surface area (Å²) in [4.78, 5) is 30.5. The van der Waals surface area contributed by atoms with Crippen LogP contribution in [0.1, 0.15) is 15.9 Å². The van der Waals surface area contributed by atoms with Gasteiger partial charge in [-0.3, -0.25) is 9.69 Å². The lowest BCUT2D eigenvalue weighted by atomic mass is 10.2. The van der Waals surface area contributed by atoms with Crippen molar-refractivity contribution in [2.24, 2.45) is 4.99 Å². The van der Waals surface area contributed by atoms with Gasteiger partial charge in [-0.2, -0.15) is 0 Å². The van der Waals surface area contributed by atoms with Crippen molar-refractivity contribution in [2.75, 3.05) is 14.2 Å². The van der Waals surface area contributed by atoms with Crippen molar-refractivity contribution in [1.82, 2.24) is 4.90 Å². The first-order chi connectivity index (χ1) is 13.3. The molecule has 0 aromatic heterocycles. The van der Waals surface area contributed by atoms with Crippen LogP contribution in [-0.4, -0.2) is 41.2 Å². The lowest BCUT2D eigenvalue weighted by Gasteiger charge is -2.07. The van der Waals surface area contributed by atoms with Crippen LogP contribution in [0.15, 0.2) is 46.3 Å². The standard InChI is InChI=1S/C19H14I2N2O4S/c1-23-17(25)15(8-11-7-12(20)9-14(21)16(11)24)28-19(23)22-13-5-3-10(4-6-13)18(26)27-2/h3-9,24H,1-2H3. The number of nitrogens with zero attached hydrogens (tertiary/aromatic N) is 2. The number of phenols is 1. The monoisotopic (exact) mass is 620 g/mol. The van der Waals surface area contributed by atoms with Crippen molar-refractivity contribution in [3.63, 3.8) is 0 Å². The number of carbonyl (C=O) groups excluding carboxylic acids is 2. The van der Waals surface area contributed by atoms with E-state index in [2.05, 4.69) is 54.9 Å². The number of rotatable bonds is 3. The van der Waals surface area contributed by atoms with Gasteiger partial charge in [-0.05, 0) is 99.4 Å².